The highest BCUT2D eigenvalue weighted by molar-refractivity contribution is 5.94. The Kier molecular flexibility index (Phi) is 5.06. The normalized spacial score (nSPS) is 16.8. The van der Waals surface area contributed by atoms with Gasteiger partial charge in [0.05, 0.1) is 6.20 Å². The largest absolute Gasteiger partial charge is 0.356 e. The van der Waals surface area contributed by atoms with Gasteiger partial charge >= 0.3 is 0 Å². The molecule has 1 aliphatic heterocycles. The van der Waals surface area contributed by atoms with Gasteiger partial charge in [-0.05, 0) is 42.7 Å². The number of H-pyrrole nitrogens is 1. The fourth-order valence-corrected chi connectivity index (χ4v) is 3.76. The Bertz CT molecular complexity index is 969. The Morgan fingerprint density at radius 2 is 2.11 bits per heavy atom. The molecule has 6 nitrogen and oxygen atoms in total. The predicted octanol–water partition coefficient (Wildman–Crippen LogP) is 3.35. The number of pyridine rings is 1. The number of nitrogens with zero attached hydrogens (tertiary/aromatic N) is 3. The zero-order valence-electron chi connectivity index (χ0n) is 15.7. The van der Waals surface area contributed by atoms with Crippen LogP contribution in [0.2, 0.25) is 0 Å². The molecule has 1 aromatic carbocycles. The van der Waals surface area contributed by atoms with Crippen molar-refractivity contribution in [3.8, 4) is 11.1 Å². The van der Waals surface area contributed by atoms with Crippen molar-refractivity contribution in [3.63, 3.8) is 0 Å². The number of benzene rings is 1. The molecule has 0 spiro atoms. The van der Waals surface area contributed by atoms with Crippen molar-refractivity contribution in [2.75, 3.05) is 25.0 Å². The maximum absolute atomic E-state index is 13.3. The number of aromatic amines is 1. The van der Waals surface area contributed by atoms with Gasteiger partial charge in [0.1, 0.15) is 11.6 Å². The van der Waals surface area contributed by atoms with E-state index in [1.807, 2.05) is 6.07 Å². The SMILES string of the molecule is CNC(=O)c1ccnc(N2CCCC(c3[nH]ncc3-c3ccc(F)cc3)C2)c1. The molecule has 1 amide bonds. The van der Waals surface area contributed by atoms with Crippen LogP contribution in [-0.2, 0) is 0 Å². The molecular formula is C21H22FN5O. The summed E-state index contributed by atoms with van der Waals surface area (Å²) < 4.78 is 13.3. The Morgan fingerprint density at radius 3 is 2.89 bits per heavy atom. The summed E-state index contributed by atoms with van der Waals surface area (Å²) in [6, 6.07) is 10.0. The number of anilines is 1. The maximum Gasteiger partial charge on any atom is 0.251 e. The van der Waals surface area contributed by atoms with Crippen molar-refractivity contribution in [2.24, 2.45) is 0 Å². The standard InChI is InChI=1S/C21H22FN5O/c1-23-21(28)15-8-9-24-19(11-15)27-10-2-3-16(13-27)20-18(12-25-26-20)14-4-6-17(22)7-5-14/h4-9,11-12,16H,2-3,10,13H2,1H3,(H,23,28)(H,25,26). The number of aromatic nitrogens is 3. The lowest BCUT2D eigenvalue weighted by Gasteiger charge is -2.33. The maximum atomic E-state index is 13.3. The van der Waals surface area contributed by atoms with Gasteiger partial charge in [-0.1, -0.05) is 12.1 Å². The molecule has 3 aromatic rings. The van der Waals surface area contributed by atoms with E-state index in [-0.39, 0.29) is 17.6 Å². The van der Waals surface area contributed by atoms with Gasteiger partial charge in [0.25, 0.3) is 5.91 Å². The summed E-state index contributed by atoms with van der Waals surface area (Å²) in [4.78, 5) is 18.6. The Hall–Kier alpha value is -3.22. The van der Waals surface area contributed by atoms with Gasteiger partial charge in [-0.3, -0.25) is 9.89 Å². The molecule has 1 atom stereocenters. The molecule has 0 radical (unpaired) electrons. The van der Waals surface area contributed by atoms with Crippen LogP contribution in [0.4, 0.5) is 10.2 Å². The smallest absolute Gasteiger partial charge is 0.251 e. The second-order valence-electron chi connectivity index (χ2n) is 6.97. The summed E-state index contributed by atoms with van der Waals surface area (Å²) >= 11 is 0. The van der Waals surface area contributed by atoms with Gasteiger partial charge < -0.3 is 10.2 Å². The molecule has 144 valence electrons. The first-order chi connectivity index (χ1) is 13.7. The van der Waals surface area contributed by atoms with Crippen molar-refractivity contribution in [3.05, 3.63) is 65.9 Å². The first-order valence-corrected chi connectivity index (χ1v) is 9.38. The van der Waals surface area contributed by atoms with E-state index in [0.29, 0.717) is 5.56 Å². The molecule has 7 heteroatoms. The van der Waals surface area contributed by atoms with Crippen LogP contribution in [0.1, 0.15) is 34.8 Å². The molecule has 1 unspecified atom stereocenters. The van der Waals surface area contributed by atoms with Gasteiger partial charge in [0, 0.05) is 49.1 Å². The minimum atomic E-state index is -0.250. The van der Waals surface area contributed by atoms with Crippen LogP contribution in [0.3, 0.4) is 0 Å². The number of piperidine rings is 1. The number of carbonyl (C=O) groups excluding carboxylic acids is 1. The molecule has 1 fully saturated rings. The predicted molar refractivity (Wildman–Crippen MR) is 106 cm³/mol. The molecule has 1 aliphatic rings. The van der Waals surface area contributed by atoms with Gasteiger partial charge in [0.15, 0.2) is 0 Å². The van der Waals surface area contributed by atoms with Crippen LogP contribution in [0, 0.1) is 5.82 Å². The van der Waals surface area contributed by atoms with E-state index in [0.717, 1.165) is 48.6 Å². The quantitative estimate of drug-likeness (QED) is 0.729. The third-order valence-electron chi connectivity index (χ3n) is 5.21. The fraction of sp³-hybridized carbons (Fsp3) is 0.286. The zero-order valence-corrected chi connectivity index (χ0v) is 15.7. The van der Waals surface area contributed by atoms with E-state index in [2.05, 4.69) is 25.4 Å². The summed E-state index contributed by atoms with van der Waals surface area (Å²) in [5, 5.41) is 10.0. The average molecular weight is 379 g/mol. The summed E-state index contributed by atoms with van der Waals surface area (Å²) in [5.41, 5.74) is 3.60. The monoisotopic (exact) mass is 379 g/mol. The summed E-state index contributed by atoms with van der Waals surface area (Å²) in [7, 11) is 1.62. The van der Waals surface area contributed by atoms with Crippen LogP contribution in [0.5, 0.6) is 0 Å². The molecule has 3 heterocycles. The van der Waals surface area contributed by atoms with Gasteiger partial charge in [-0.15, -0.1) is 0 Å². The van der Waals surface area contributed by atoms with E-state index < -0.39 is 0 Å². The van der Waals surface area contributed by atoms with E-state index in [1.54, 1.807) is 37.6 Å². The fourth-order valence-electron chi connectivity index (χ4n) is 3.76. The van der Waals surface area contributed by atoms with Crippen molar-refractivity contribution in [1.82, 2.24) is 20.5 Å². The minimum Gasteiger partial charge on any atom is -0.356 e. The van der Waals surface area contributed by atoms with Crippen molar-refractivity contribution in [2.45, 2.75) is 18.8 Å². The van der Waals surface area contributed by atoms with E-state index >= 15 is 0 Å². The Balaban J connectivity index is 1.58. The lowest BCUT2D eigenvalue weighted by Crippen LogP contribution is -2.35. The first-order valence-electron chi connectivity index (χ1n) is 9.38. The van der Waals surface area contributed by atoms with Crippen LogP contribution >= 0.6 is 0 Å². The molecule has 4 rings (SSSR count). The van der Waals surface area contributed by atoms with Crippen molar-refractivity contribution >= 4 is 11.7 Å². The third-order valence-corrected chi connectivity index (χ3v) is 5.21. The summed E-state index contributed by atoms with van der Waals surface area (Å²) in [6.07, 6.45) is 5.51. The number of nitrogens with one attached hydrogen (secondary N) is 2. The van der Waals surface area contributed by atoms with Crippen molar-refractivity contribution < 1.29 is 9.18 Å². The van der Waals surface area contributed by atoms with E-state index in [9.17, 15) is 9.18 Å². The number of hydrogen-bond donors (Lipinski definition) is 2. The highest BCUT2D eigenvalue weighted by Gasteiger charge is 2.26. The van der Waals surface area contributed by atoms with Gasteiger partial charge in [-0.2, -0.15) is 5.10 Å². The molecule has 0 bridgehead atoms. The Labute approximate surface area is 162 Å². The second kappa shape index (κ2) is 7.80. The summed E-state index contributed by atoms with van der Waals surface area (Å²) in [5.74, 6) is 0.680. The van der Waals surface area contributed by atoms with E-state index in [4.69, 9.17) is 0 Å². The molecule has 2 N–H and O–H groups in total. The lowest BCUT2D eigenvalue weighted by atomic mass is 9.90. The second-order valence-corrected chi connectivity index (χ2v) is 6.97. The molecule has 2 aromatic heterocycles. The Morgan fingerprint density at radius 1 is 1.29 bits per heavy atom. The summed E-state index contributed by atoms with van der Waals surface area (Å²) in [6.45, 7) is 1.67. The lowest BCUT2D eigenvalue weighted by molar-refractivity contribution is 0.0963. The van der Waals surface area contributed by atoms with Crippen molar-refractivity contribution in [1.29, 1.82) is 0 Å². The van der Waals surface area contributed by atoms with Crippen LogP contribution in [0.25, 0.3) is 11.1 Å². The molecule has 0 saturated carbocycles. The third kappa shape index (κ3) is 3.60. The highest BCUT2D eigenvalue weighted by Crippen LogP contribution is 2.34. The van der Waals surface area contributed by atoms with Crippen LogP contribution < -0.4 is 10.2 Å². The van der Waals surface area contributed by atoms with Crippen LogP contribution in [-0.4, -0.2) is 41.2 Å². The molecule has 28 heavy (non-hydrogen) atoms. The zero-order chi connectivity index (χ0) is 19.5. The minimum absolute atomic E-state index is 0.121. The molecular weight excluding hydrogens is 357 g/mol. The number of carbonyl (C=O) groups is 1. The van der Waals surface area contributed by atoms with Gasteiger partial charge in [0.2, 0.25) is 0 Å². The average Bonchev–Trinajstić information content (AvgIpc) is 3.24. The van der Waals surface area contributed by atoms with E-state index in [1.165, 1.54) is 12.1 Å². The van der Waals surface area contributed by atoms with Crippen LogP contribution in [0.15, 0.2) is 48.8 Å². The topological polar surface area (TPSA) is 73.9 Å². The number of hydrogen-bond acceptors (Lipinski definition) is 4. The highest BCUT2D eigenvalue weighted by atomic mass is 19.1. The number of rotatable bonds is 4. The molecule has 0 aliphatic carbocycles. The number of halogens is 1. The first kappa shape index (κ1) is 18.2. The molecule has 1 saturated heterocycles. The van der Waals surface area contributed by atoms with Gasteiger partial charge in [-0.25, -0.2) is 9.37 Å². The number of amides is 1.